The van der Waals surface area contributed by atoms with Crippen LogP contribution in [0.1, 0.15) is 36.6 Å². The van der Waals surface area contributed by atoms with Crippen molar-refractivity contribution in [2.75, 3.05) is 12.3 Å². The van der Waals surface area contributed by atoms with Crippen molar-refractivity contribution < 1.29 is 18.8 Å². The molecule has 0 aliphatic carbocycles. The predicted molar refractivity (Wildman–Crippen MR) is 129 cm³/mol. The third-order valence-electron chi connectivity index (χ3n) is 4.75. The summed E-state index contributed by atoms with van der Waals surface area (Å²) < 4.78 is 11.7. The van der Waals surface area contributed by atoms with Crippen LogP contribution in [0.2, 0.25) is 0 Å². The molecule has 0 bridgehead atoms. The van der Waals surface area contributed by atoms with Crippen LogP contribution in [0, 0.1) is 0 Å². The molecule has 3 rings (SSSR count). The van der Waals surface area contributed by atoms with Gasteiger partial charge in [-0.3, -0.25) is 9.59 Å². The van der Waals surface area contributed by atoms with Crippen molar-refractivity contribution in [3.05, 3.63) is 76.0 Å². The number of thioether (sulfide) groups is 1. The van der Waals surface area contributed by atoms with E-state index in [0.29, 0.717) is 17.8 Å². The van der Waals surface area contributed by atoms with Crippen LogP contribution in [0.5, 0.6) is 0 Å². The lowest BCUT2D eigenvalue weighted by Gasteiger charge is -2.15. The highest BCUT2D eigenvalue weighted by Crippen LogP contribution is 2.27. The van der Waals surface area contributed by atoms with Gasteiger partial charge >= 0.3 is 5.97 Å². The van der Waals surface area contributed by atoms with Gasteiger partial charge in [-0.1, -0.05) is 63.6 Å². The molecule has 32 heavy (non-hydrogen) atoms. The number of esters is 1. The molecule has 0 fully saturated rings. The number of hydrogen-bond donors (Lipinski definition) is 1. The number of halogens is 1. The zero-order valence-corrected chi connectivity index (χ0v) is 20.4. The Balaban J connectivity index is 1.56. The second-order valence-electron chi connectivity index (χ2n) is 7.25. The molecule has 0 aliphatic rings. The molecule has 1 aromatic heterocycles. The van der Waals surface area contributed by atoms with E-state index < -0.39 is 0 Å². The highest BCUT2D eigenvalue weighted by molar-refractivity contribution is 9.10. The maximum atomic E-state index is 12.5. The number of carbonyl (C=O) groups excluding carboxylic acids is 2. The first-order chi connectivity index (χ1) is 15.4. The molecule has 1 N–H and O–H groups in total. The number of rotatable bonds is 10. The molecule has 1 heterocycles. The van der Waals surface area contributed by atoms with Crippen molar-refractivity contribution in [2.45, 2.75) is 32.1 Å². The van der Waals surface area contributed by atoms with Crippen LogP contribution < -0.4 is 5.32 Å². The predicted octanol–water partition coefficient (Wildman–Crippen LogP) is 5.32. The van der Waals surface area contributed by atoms with E-state index in [1.165, 1.54) is 18.8 Å². The molecular weight excluding hydrogens is 492 g/mol. The molecule has 0 aliphatic heterocycles. The summed E-state index contributed by atoms with van der Waals surface area (Å²) in [6.45, 7) is 4.03. The lowest BCUT2D eigenvalue weighted by molar-refractivity contribution is -0.147. The fourth-order valence-corrected chi connectivity index (χ4v) is 4.56. The molecule has 0 spiro atoms. The van der Waals surface area contributed by atoms with E-state index >= 15 is 0 Å². The summed E-state index contributed by atoms with van der Waals surface area (Å²) in [5.41, 5.74) is 4.30. The SMILES string of the molecule is CC(=O)NCCSCc1ccc(-c2nocc2CC(=O)O[C@H](C)c2ccccc2Br)cc1. The Morgan fingerprint density at radius 1 is 1.19 bits per heavy atom. The highest BCUT2D eigenvalue weighted by atomic mass is 79.9. The van der Waals surface area contributed by atoms with Gasteiger partial charge < -0.3 is 14.6 Å². The minimum atomic E-state index is -0.371. The molecule has 1 amide bonds. The number of benzene rings is 2. The maximum Gasteiger partial charge on any atom is 0.311 e. The molecule has 6 nitrogen and oxygen atoms in total. The molecule has 0 saturated carbocycles. The summed E-state index contributed by atoms with van der Waals surface area (Å²) in [6.07, 6.45) is 1.20. The summed E-state index contributed by atoms with van der Waals surface area (Å²) in [7, 11) is 0. The molecule has 168 valence electrons. The van der Waals surface area contributed by atoms with E-state index in [2.05, 4.69) is 26.4 Å². The fourth-order valence-electron chi connectivity index (χ4n) is 3.13. The van der Waals surface area contributed by atoms with Gasteiger partial charge in [-0.15, -0.1) is 0 Å². The van der Waals surface area contributed by atoms with Crippen LogP contribution in [-0.4, -0.2) is 29.3 Å². The van der Waals surface area contributed by atoms with Crippen molar-refractivity contribution in [1.29, 1.82) is 0 Å². The molecule has 1 atom stereocenters. The summed E-state index contributed by atoms with van der Waals surface area (Å²) in [6, 6.07) is 15.7. The monoisotopic (exact) mass is 516 g/mol. The van der Waals surface area contributed by atoms with Gasteiger partial charge in [-0.25, -0.2) is 0 Å². The lowest BCUT2D eigenvalue weighted by atomic mass is 10.0. The molecule has 0 unspecified atom stereocenters. The minimum Gasteiger partial charge on any atom is -0.457 e. The van der Waals surface area contributed by atoms with Gasteiger partial charge in [0.1, 0.15) is 18.1 Å². The van der Waals surface area contributed by atoms with Crippen molar-refractivity contribution in [3.8, 4) is 11.3 Å². The van der Waals surface area contributed by atoms with E-state index in [1.54, 1.807) is 11.8 Å². The standard InChI is InChI=1S/C24H25BrN2O4S/c1-16(21-5-3-4-6-22(21)25)31-23(29)13-20-14-30-27-24(20)19-9-7-18(8-10-19)15-32-12-11-26-17(2)28/h3-10,14,16H,11-13,15H2,1-2H3,(H,26,28)/t16-/m1/s1. The number of hydrogen-bond acceptors (Lipinski definition) is 6. The summed E-state index contributed by atoms with van der Waals surface area (Å²) in [5.74, 6) is 1.36. The number of ether oxygens (including phenoxy) is 1. The minimum absolute atomic E-state index is 0.00959. The van der Waals surface area contributed by atoms with Crippen LogP contribution in [0.3, 0.4) is 0 Å². The van der Waals surface area contributed by atoms with Gasteiger partial charge in [0.15, 0.2) is 0 Å². The summed E-state index contributed by atoms with van der Waals surface area (Å²) in [4.78, 5) is 23.4. The van der Waals surface area contributed by atoms with E-state index in [-0.39, 0.29) is 24.4 Å². The van der Waals surface area contributed by atoms with Gasteiger partial charge in [0, 0.05) is 46.1 Å². The van der Waals surface area contributed by atoms with Crippen molar-refractivity contribution in [3.63, 3.8) is 0 Å². The van der Waals surface area contributed by atoms with E-state index in [4.69, 9.17) is 9.26 Å². The zero-order chi connectivity index (χ0) is 22.9. The first-order valence-electron chi connectivity index (χ1n) is 10.2. The number of aromatic nitrogens is 1. The Hall–Kier alpha value is -2.58. The quantitative estimate of drug-likeness (QED) is 0.290. The van der Waals surface area contributed by atoms with Gasteiger partial charge in [0.05, 0.1) is 6.42 Å². The fraction of sp³-hybridized carbons (Fsp3) is 0.292. The average Bonchev–Trinajstić information content (AvgIpc) is 3.21. The summed E-state index contributed by atoms with van der Waals surface area (Å²) in [5, 5.41) is 6.87. The first-order valence-corrected chi connectivity index (χ1v) is 12.2. The molecule has 2 aromatic carbocycles. The molecule has 0 radical (unpaired) electrons. The number of nitrogens with zero attached hydrogens (tertiary/aromatic N) is 1. The van der Waals surface area contributed by atoms with Crippen LogP contribution >= 0.6 is 27.7 Å². The smallest absolute Gasteiger partial charge is 0.311 e. The molecule has 3 aromatic rings. The first kappa shape index (κ1) is 24.1. The van der Waals surface area contributed by atoms with Crippen molar-refractivity contribution in [2.24, 2.45) is 0 Å². The third-order valence-corrected chi connectivity index (χ3v) is 6.50. The maximum absolute atomic E-state index is 12.5. The number of nitrogens with one attached hydrogen (secondary N) is 1. The van der Waals surface area contributed by atoms with Crippen LogP contribution in [-0.2, 0) is 26.5 Å². The Kier molecular flexibility index (Phi) is 8.93. The second-order valence-corrected chi connectivity index (χ2v) is 9.21. The Labute approximate surface area is 200 Å². The van der Waals surface area contributed by atoms with Crippen LogP contribution in [0.4, 0.5) is 0 Å². The number of amides is 1. The van der Waals surface area contributed by atoms with Crippen LogP contribution in [0.15, 0.2) is 63.8 Å². The van der Waals surface area contributed by atoms with E-state index in [9.17, 15) is 9.59 Å². The van der Waals surface area contributed by atoms with Crippen molar-refractivity contribution in [1.82, 2.24) is 10.5 Å². The second kappa shape index (κ2) is 11.9. The van der Waals surface area contributed by atoms with Gasteiger partial charge in [0.25, 0.3) is 0 Å². The zero-order valence-electron chi connectivity index (χ0n) is 18.0. The van der Waals surface area contributed by atoms with Gasteiger partial charge in [-0.05, 0) is 18.6 Å². The Morgan fingerprint density at radius 3 is 2.66 bits per heavy atom. The van der Waals surface area contributed by atoms with E-state index in [1.807, 2.05) is 55.5 Å². The average molecular weight is 517 g/mol. The lowest BCUT2D eigenvalue weighted by Crippen LogP contribution is -2.22. The third kappa shape index (κ3) is 6.97. The number of carbonyl (C=O) groups is 2. The van der Waals surface area contributed by atoms with Gasteiger partial charge in [-0.2, -0.15) is 11.8 Å². The normalized spacial score (nSPS) is 11.7. The van der Waals surface area contributed by atoms with Crippen molar-refractivity contribution >= 4 is 39.6 Å². The van der Waals surface area contributed by atoms with E-state index in [0.717, 1.165) is 27.1 Å². The Morgan fingerprint density at radius 2 is 1.94 bits per heavy atom. The molecule has 8 heteroatoms. The topological polar surface area (TPSA) is 81.4 Å². The van der Waals surface area contributed by atoms with Gasteiger partial charge in [0.2, 0.25) is 5.91 Å². The Bertz CT molecular complexity index is 1050. The summed E-state index contributed by atoms with van der Waals surface area (Å²) >= 11 is 5.24. The largest absolute Gasteiger partial charge is 0.457 e. The molecule has 0 saturated heterocycles. The highest BCUT2D eigenvalue weighted by Gasteiger charge is 2.18. The van der Waals surface area contributed by atoms with Crippen LogP contribution in [0.25, 0.3) is 11.3 Å². The molecular formula is C24H25BrN2O4S.